The largest absolute Gasteiger partial charge is 0.481 e. The summed E-state index contributed by atoms with van der Waals surface area (Å²) < 4.78 is 1.45. The fraction of sp³-hybridized carbons (Fsp3) is 0.222. The molecule has 0 aliphatic carbocycles. The zero-order valence-electron chi connectivity index (χ0n) is 13.2. The summed E-state index contributed by atoms with van der Waals surface area (Å²) in [5.74, 6) is 1.34. The Morgan fingerprint density at radius 1 is 1.43 bits per heavy atom. The van der Waals surface area contributed by atoms with E-state index < -0.39 is 5.97 Å². The summed E-state index contributed by atoms with van der Waals surface area (Å²) in [5.41, 5.74) is 2.40. The van der Waals surface area contributed by atoms with E-state index in [4.69, 9.17) is 11.5 Å². The van der Waals surface area contributed by atoms with Crippen LogP contribution in [0.4, 0.5) is 5.69 Å². The molecule has 1 N–H and O–H groups in total. The Morgan fingerprint density at radius 2 is 2.13 bits per heavy atom. The lowest BCUT2D eigenvalue weighted by Crippen LogP contribution is -2.17. The number of fused-ring (bicyclic) bond motifs is 1. The van der Waals surface area contributed by atoms with Crippen LogP contribution in [0.5, 0.6) is 0 Å². The Balaban J connectivity index is 2.76. The minimum Gasteiger partial charge on any atom is -0.481 e. The highest BCUT2D eigenvalue weighted by Crippen LogP contribution is 2.32. The first-order valence-electron chi connectivity index (χ1n) is 7.06. The molecule has 1 aromatic carbocycles. The summed E-state index contributed by atoms with van der Waals surface area (Å²) in [7, 11) is 1.83. The third-order valence-electron chi connectivity index (χ3n) is 3.55. The van der Waals surface area contributed by atoms with Crippen molar-refractivity contribution in [1.82, 2.24) is 4.57 Å². The third-order valence-corrected chi connectivity index (χ3v) is 3.55. The second-order valence-corrected chi connectivity index (χ2v) is 5.41. The highest BCUT2D eigenvalue weighted by atomic mass is 16.4. The molecule has 1 heterocycles. The molecule has 2 rings (SSSR count). The smallest absolute Gasteiger partial charge is 0.307 e. The Morgan fingerprint density at radius 3 is 2.70 bits per heavy atom. The van der Waals surface area contributed by atoms with Crippen LogP contribution in [0.2, 0.25) is 0 Å². The van der Waals surface area contributed by atoms with Gasteiger partial charge in [0.2, 0.25) is 0 Å². The lowest BCUT2D eigenvalue weighted by Gasteiger charge is -2.18. The number of rotatable bonds is 5. The summed E-state index contributed by atoms with van der Waals surface area (Å²) >= 11 is 0. The molecule has 0 fully saturated rings. The molecule has 1 aromatic heterocycles. The lowest BCUT2D eigenvalue weighted by molar-refractivity contribution is -0.136. The molecule has 0 unspecified atom stereocenters. The highest BCUT2D eigenvalue weighted by Gasteiger charge is 2.19. The van der Waals surface area contributed by atoms with Crippen LogP contribution in [0, 0.1) is 12.3 Å². The van der Waals surface area contributed by atoms with Crippen LogP contribution >= 0.6 is 0 Å². The molecule has 5 heteroatoms. The molecule has 23 heavy (non-hydrogen) atoms. The van der Waals surface area contributed by atoms with Crippen molar-refractivity contribution >= 4 is 28.5 Å². The number of aromatic nitrogens is 1. The number of carboxylic acids is 1. The van der Waals surface area contributed by atoms with E-state index in [0.29, 0.717) is 23.2 Å². The molecule has 0 bridgehead atoms. The van der Waals surface area contributed by atoms with Crippen molar-refractivity contribution in [3.05, 3.63) is 42.1 Å². The standard InChI is InChI=1S/C18H18N2O3/c1-5-9-19(4)14-7-6-8-15-17(14)13(10-16(21)22)11-20(15)18(23)12(2)3/h1,6-8,11H,2,9-10H2,3-4H3,(H,21,22). The van der Waals surface area contributed by atoms with Gasteiger partial charge in [-0.2, -0.15) is 0 Å². The van der Waals surface area contributed by atoms with Crippen molar-refractivity contribution in [2.75, 3.05) is 18.5 Å². The van der Waals surface area contributed by atoms with Crippen LogP contribution in [0.3, 0.4) is 0 Å². The third kappa shape index (κ3) is 3.11. The summed E-state index contributed by atoms with van der Waals surface area (Å²) in [6, 6.07) is 5.47. The molecular weight excluding hydrogens is 292 g/mol. The summed E-state index contributed by atoms with van der Waals surface area (Å²) in [5, 5.41) is 9.88. The van der Waals surface area contributed by atoms with Crippen LogP contribution in [-0.2, 0) is 11.2 Å². The number of carbonyl (C=O) groups is 2. The summed E-state index contributed by atoms with van der Waals surface area (Å²) in [6.07, 6.45) is 6.77. The number of nitrogens with zero attached hydrogens (tertiary/aromatic N) is 2. The molecule has 0 aliphatic rings. The second-order valence-electron chi connectivity index (χ2n) is 5.41. The van der Waals surface area contributed by atoms with Crippen LogP contribution in [0.15, 0.2) is 36.5 Å². The van der Waals surface area contributed by atoms with Gasteiger partial charge in [-0.05, 0) is 24.6 Å². The van der Waals surface area contributed by atoms with E-state index in [2.05, 4.69) is 12.5 Å². The van der Waals surface area contributed by atoms with E-state index >= 15 is 0 Å². The van der Waals surface area contributed by atoms with Gasteiger partial charge in [0, 0.05) is 29.9 Å². The minimum absolute atomic E-state index is 0.173. The molecule has 0 spiro atoms. The van der Waals surface area contributed by atoms with E-state index in [1.165, 1.54) is 4.57 Å². The van der Waals surface area contributed by atoms with Gasteiger partial charge in [-0.3, -0.25) is 14.2 Å². The number of allylic oxidation sites excluding steroid dienone is 1. The van der Waals surface area contributed by atoms with E-state index in [0.717, 1.165) is 11.1 Å². The van der Waals surface area contributed by atoms with Crippen molar-refractivity contribution in [3.8, 4) is 12.3 Å². The molecule has 0 atom stereocenters. The van der Waals surface area contributed by atoms with Gasteiger partial charge in [-0.15, -0.1) is 6.42 Å². The zero-order chi connectivity index (χ0) is 17.1. The molecule has 0 saturated heterocycles. The first kappa shape index (κ1) is 16.4. The van der Waals surface area contributed by atoms with Crippen LogP contribution in [-0.4, -0.2) is 35.1 Å². The Labute approximate surface area is 134 Å². The molecule has 0 saturated carbocycles. The topological polar surface area (TPSA) is 62.5 Å². The van der Waals surface area contributed by atoms with Crippen molar-refractivity contribution < 1.29 is 14.7 Å². The van der Waals surface area contributed by atoms with Crippen LogP contribution < -0.4 is 4.90 Å². The van der Waals surface area contributed by atoms with Gasteiger partial charge in [0.25, 0.3) is 5.91 Å². The van der Waals surface area contributed by atoms with E-state index in [1.807, 2.05) is 24.1 Å². The Hall–Kier alpha value is -3.00. The number of benzene rings is 1. The van der Waals surface area contributed by atoms with E-state index in [1.54, 1.807) is 19.2 Å². The molecular formula is C18H18N2O3. The molecule has 0 radical (unpaired) electrons. The predicted molar refractivity (Wildman–Crippen MR) is 90.8 cm³/mol. The number of hydrogen-bond donors (Lipinski definition) is 1. The van der Waals surface area contributed by atoms with Crippen molar-refractivity contribution in [3.63, 3.8) is 0 Å². The zero-order valence-corrected chi connectivity index (χ0v) is 13.2. The van der Waals surface area contributed by atoms with Gasteiger partial charge >= 0.3 is 5.97 Å². The maximum atomic E-state index is 12.3. The quantitative estimate of drug-likeness (QED) is 0.681. The SMILES string of the molecule is C#CCN(C)c1cccc2c1c(CC(=O)O)cn2C(=O)C(=C)C. The Kier molecular flexibility index (Phi) is 4.56. The monoisotopic (exact) mass is 310 g/mol. The maximum Gasteiger partial charge on any atom is 0.307 e. The minimum atomic E-state index is -0.957. The van der Waals surface area contributed by atoms with Gasteiger partial charge in [-0.1, -0.05) is 18.6 Å². The number of carbonyl (C=O) groups excluding carboxylic acids is 1. The first-order chi connectivity index (χ1) is 10.9. The predicted octanol–water partition coefficient (Wildman–Crippen LogP) is 2.55. The molecule has 5 nitrogen and oxygen atoms in total. The van der Waals surface area contributed by atoms with E-state index in [-0.39, 0.29) is 12.3 Å². The van der Waals surface area contributed by atoms with Crippen molar-refractivity contribution in [2.24, 2.45) is 0 Å². The molecule has 0 amide bonds. The average molecular weight is 310 g/mol. The van der Waals surface area contributed by atoms with Gasteiger partial charge < -0.3 is 10.0 Å². The van der Waals surface area contributed by atoms with Crippen LogP contribution in [0.1, 0.15) is 17.3 Å². The van der Waals surface area contributed by atoms with Gasteiger partial charge in [0.15, 0.2) is 0 Å². The fourth-order valence-corrected chi connectivity index (χ4v) is 2.56. The van der Waals surface area contributed by atoms with Gasteiger partial charge in [0.1, 0.15) is 0 Å². The fourth-order valence-electron chi connectivity index (χ4n) is 2.56. The van der Waals surface area contributed by atoms with Crippen molar-refractivity contribution in [2.45, 2.75) is 13.3 Å². The Bertz CT molecular complexity index is 840. The van der Waals surface area contributed by atoms with Gasteiger partial charge in [0.05, 0.1) is 18.5 Å². The maximum absolute atomic E-state index is 12.3. The highest BCUT2D eigenvalue weighted by molar-refractivity contribution is 6.06. The van der Waals surface area contributed by atoms with E-state index in [9.17, 15) is 9.59 Å². The second kappa shape index (κ2) is 6.41. The van der Waals surface area contributed by atoms with Crippen LogP contribution in [0.25, 0.3) is 10.9 Å². The number of hydrogen-bond acceptors (Lipinski definition) is 3. The summed E-state index contributed by atoms with van der Waals surface area (Å²) in [6.45, 7) is 5.68. The molecule has 118 valence electrons. The number of terminal acetylenes is 1. The number of aliphatic carboxylic acids is 1. The number of anilines is 1. The lowest BCUT2D eigenvalue weighted by atomic mass is 10.1. The van der Waals surface area contributed by atoms with Crippen molar-refractivity contribution in [1.29, 1.82) is 0 Å². The average Bonchev–Trinajstić information content (AvgIpc) is 2.84. The molecule has 0 aliphatic heterocycles. The first-order valence-corrected chi connectivity index (χ1v) is 7.06. The summed E-state index contributed by atoms with van der Waals surface area (Å²) in [4.78, 5) is 25.4. The normalized spacial score (nSPS) is 10.3. The number of carboxylic acid groups (broad SMARTS) is 1. The molecule has 2 aromatic rings. The van der Waals surface area contributed by atoms with Gasteiger partial charge in [-0.25, -0.2) is 0 Å².